The summed E-state index contributed by atoms with van der Waals surface area (Å²) in [7, 11) is 0. The van der Waals surface area contributed by atoms with E-state index in [0.29, 0.717) is 24.2 Å². The number of fused-ring (bicyclic) bond motifs is 1. The summed E-state index contributed by atoms with van der Waals surface area (Å²) in [6.45, 7) is 0. The van der Waals surface area contributed by atoms with Gasteiger partial charge in [0.05, 0.1) is 11.7 Å². The molecule has 6 fully saturated rings. The van der Waals surface area contributed by atoms with Gasteiger partial charge in [-0.3, -0.25) is 9.59 Å². The summed E-state index contributed by atoms with van der Waals surface area (Å²) in [6.07, 6.45) is 6.33. The van der Waals surface area contributed by atoms with Crippen molar-refractivity contribution in [3.8, 4) is 6.07 Å². The number of aliphatic hydroxyl groups is 1. The number of nitriles is 1. The van der Waals surface area contributed by atoms with Gasteiger partial charge in [-0.1, -0.05) is 0 Å². The summed E-state index contributed by atoms with van der Waals surface area (Å²) >= 11 is 0. The lowest BCUT2D eigenvalue weighted by molar-refractivity contribution is -0.181. The summed E-state index contributed by atoms with van der Waals surface area (Å²) in [6, 6.07) is 1.89. The molecule has 1 unspecified atom stereocenters. The standard InChI is InChI=1S/C18H22N2O3/c19-8-13-2-12-3-14(12)20(13)16(22)15(21)17-4-10-1-11(5-17)7-18(23,6-10)9-17/h10-14,23H,1-7,9H2/t10-,11-,12+,13?,14-,17?,18?/m0/s1. The number of hydrogen-bond acceptors (Lipinski definition) is 4. The van der Waals surface area contributed by atoms with Crippen molar-refractivity contribution in [3.05, 3.63) is 0 Å². The van der Waals surface area contributed by atoms with Crippen LogP contribution in [0.4, 0.5) is 0 Å². The Morgan fingerprint density at radius 1 is 1.09 bits per heavy atom. The Labute approximate surface area is 135 Å². The third-order valence-corrected chi connectivity index (χ3v) is 7.19. The van der Waals surface area contributed by atoms with Crippen LogP contribution in [-0.4, -0.2) is 39.4 Å². The van der Waals surface area contributed by atoms with E-state index in [1.54, 1.807) is 4.90 Å². The second-order valence-electron chi connectivity index (χ2n) is 8.95. The molecule has 1 heterocycles. The van der Waals surface area contributed by atoms with Gasteiger partial charge < -0.3 is 10.0 Å². The van der Waals surface area contributed by atoms with Crippen molar-refractivity contribution in [3.63, 3.8) is 0 Å². The van der Waals surface area contributed by atoms with Crippen LogP contribution in [0.2, 0.25) is 0 Å². The Morgan fingerprint density at radius 3 is 2.39 bits per heavy atom. The summed E-state index contributed by atoms with van der Waals surface area (Å²) < 4.78 is 0. The molecule has 6 aliphatic rings. The highest BCUT2D eigenvalue weighted by Gasteiger charge is 2.63. The fraction of sp³-hybridized carbons (Fsp3) is 0.833. The van der Waals surface area contributed by atoms with E-state index < -0.39 is 23.0 Å². The van der Waals surface area contributed by atoms with Gasteiger partial charge in [0.1, 0.15) is 6.04 Å². The lowest BCUT2D eigenvalue weighted by Crippen LogP contribution is -2.60. The summed E-state index contributed by atoms with van der Waals surface area (Å²) in [5.41, 5.74) is -1.38. The molecule has 122 valence electrons. The Bertz CT molecular complexity index is 637. The Balaban J connectivity index is 1.44. The highest BCUT2D eigenvalue weighted by atomic mass is 16.3. The fourth-order valence-corrected chi connectivity index (χ4v) is 6.69. The van der Waals surface area contributed by atoms with E-state index in [2.05, 4.69) is 6.07 Å². The van der Waals surface area contributed by atoms with Crippen molar-refractivity contribution in [2.75, 3.05) is 0 Å². The zero-order valence-electron chi connectivity index (χ0n) is 13.2. The number of piperidine rings is 1. The summed E-state index contributed by atoms with van der Waals surface area (Å²) in [4.78, 5) is 27.6. The molecule has 0 aromatic heterocycles. The molecular weight excluding hydrogens is 292 g/mol. The van der Waals surface area contributed by atoms with Crippen molar-refractivity contribution in [1.29, 1.82) is 5.26 Å². The monoisotopic (exact) mass is 314 g/mol. The van der Waals surface area contributed by atoms with Crippen molar-refractivity contribution < 1.29 is 14.7 Å². The first-order chi connectivity index (χ1) is 10.9. The van der Waals surface area contributed by atoms with Gasteiger partial charge in [-0.25, -0.2) is 0 Å². The Kier molecular flexibility index (Phi) is 2.53. The molecule has 5 heteroatoms. The highest BCUT2D eigenvalue weighted by molar-refractivity contribution is 6.38. The maximum atomic E-state index is 13.1. The van der Waals surface area contributed by atoms with Crippen molar-refractivity contribution >= 4 is 11.7 Å². The molecule has 1 N–H and O–H groups in total. The molecule has 0 aromatic rings. The maximum Gasteiger partial charge on any atom is 0.291 e. The van der Waals surface area contributed by atoms with Gasteiger partial charge in [0.15, 0.2) is 0 Å². The smallest absolute Gasteiger partial charge is 0.291 e. The number of likely N-dealkylation sites (tertiary alicyclic amines) is 1. The lowest BCUT2D eigenvalue weighted by Gasteiger charge is -2.59. The average molecular weight is 314 g/mol. The minimum absolute atomic E-state index is 0.119. The molecule has 5 saturated carbocycles. The topological polar surface area (TPSA) is 81.4 Å². The molecule has 5 atom stereocenters. The molecule has 5 nitrogen and oxygen atoms in total. The molecule has 23 heavy (non-hydrogen) atoms. The van der Waals surface area contributed by atoms with Crippen LogP contribution in [0.25, 0.3) is 0 Å². The van der Waals surface area contributed by atoms with Gasteiger partial charge in [-0.2, -0.15) is 5.26 Å². The molecular formula is C18H22N2O3. The molecule has 0 aromatic carbocycles. The van der Waals surface area contributed by atoms with E-state index in [9.17, 15) is 20.0 Å². The van der Waals surface area contributed by atoms with Gasteiger partial charge in [-0.15, -0.1) is 0 Å². The SMILES string of the molecule is N#CC1C[C@@H]2C[C@@H]2N1C(=O)C(=O)C12C[C@@H]3C[C@H](CC(O)(C3)C1)C2. The lowest BCUT2D eigenvalue weighted by atomic mass is 9.47. The van der Waals surface area contributed by atoms with Crippen molar-refractivity contribution in [2.45, 2.75) is 69.1 Å². The van der Waals surface area contributed by atoms with E-state index in [4.69, 9.17) is 0 Å². The van der Waals surface area contributed by atoms with Gasteiger partial charge in [0.25, 0.3) is 5.91 Å². The first-order valence-corrected chi connectivity index (χ1v) is 8.92. The van der Waals surface area contributed by atoms with Gasteiger partial charge in [0.2, 0.25) is 5.78 Å². The van der Waals surface area contributed by atoms with E-state index >= 15 is 0 Å². The number of amides is 1. The van der Waals surface area contributed by atoms with E-state index in [1.165, 1.54) is 0 Å². The molecule has 1 saturated heterocycles. The number of hydrogen-bond donors (Lipinski definition) is 1. The molecule has 0 radical (unpaired) electrons. The molecule has 6 rings (SSSR count). The van der Waals surface area contributed by atoms with Crippen LogP contribution in [-0.2, 0) is 9.59 Å². The molecule has 1 aliphatic heterocycles. The number of Topliss-reactive ketones (excluding diaryl/α,β-unsaturated/α-hetero) is 1. The van der Waals surface area contributed by atoms with Gasteiger partial charge >= 0.3 is 0 Å². The van der Waals surface area contributed by atoms with E-state index in [-0.39, 0.29) is 11.8 Å². The van der Waals surface area contributed by atoms with Crippen LogP contribution in [0, 0.1) is 34.5 Å². The minimum Gasteiger partial charge on any atom is -0.390 e. The Morgan fingerprint density at radius 2 is 1.78 bits per heavy atom. The number of ketones is 1. The second kappa shape index (κ2) is 4.16. The van der Waals surface area contributed by atoms with Crippen molar-refractivity contribution in [2.24, 2.45) is 23.2 Å². The number of nitrogens with zero attached hydrogens (tertiary/aromatic N) is 2. The fourth-order valence-electron chi connectivity index (χ4n) is 6.69. The summed E-state index contributed by atoms with van der Waals surface area (Å²) in [5, 5.41) is 20.1. The third-order valence-electron chi connectivity index (χ3n) is 7.19. The zero-order chi connectivity index (χ0) is 16.0. The zero-order valence-corrected chi connectivity index (χ0v) is 13.2. The largest absolute Gasteiger partial charge is 0.390 e. The molecule has 5 aliphatic carbocycles. The molecule has 0 spiro atoms. The normalized spacial score (nSPS) is 52.2. The van der Waals surface area contributed by atoms with Crippen molar-refractivity contribution in [1.82, 2.24) is 4.90 Å². The highest BCUT2D eigenvalue weighted by Crippen LogP contribution is 2.62. The number of carbonyl (C=O) groups excluding carboxylic acids is 2. The average Bonchev–Trinajstić information content (AvgIpc) is 3.14. The van der Waals surface area contributed by atoms with Gasteiger partial charge in [0, 0.05) is 11.5 Å². The van der Waals surface area contributed by atoms with E-state index in [1.807, 2.05) is 0 Å². The van der Waals surface area contributed by atoms with E-state index in [0.717, 1.165) is 44.9 Å². The predicted octanol–water partition coefficient (Wildman–Crippen LogP) is 1.40. The van der Waals surface area contributed by atoms with Crippen LogP contribution in [0.15, 0.2) is 0 Å². The van der Waals surface area contributed by atoms with Gasteiger partial charge in [-0.05, 0) is 69.1 Å². The quantitative estimate of drug-likeness (QED) is 0.781. The van der Waals surface area contributed by atoms with Crippen LogP contribution < -0.4 is 0 Å². The van der Waals surface area contributed by atoms with Crippen LogP contribution >= 0.6 is 0 Å². The predicted molar refractivity (Wildman–Crippen MR) is 79.8 cm³/mol. The molecule has 4 bridgehead atoms. The maximum absolute atomic E-state index is 13.1. The number of rotatable bonds is 2. The van der Waals surface area contributed by atoms with Crippen LogP contribution in [0.3, 0.4) is 0 Å². The second-order valence-corrected chi connectivity index (χ2v) is 8.95. The minimum atomic E-state index is -0.734. The first-order valence-electron chi connectivity index (χ1n) is 8.92. The Hall–Kier alpha value is -1.41. The third kappa shape index (κ3) is 1.82. The van der Waals surface area contributed by atoms with Crippen LogP contribution in [0.1, 0.15) is 51.4 Å². The number of carbonyl (C=O) groups is 2. The summed E-state index contributed by atoms with van der Waals surface area (Å²) in [5.74, 6) is 0.455. The first kappa shape index (κ1) is 14.0. The van der Waals surface area contributed by atoms with Crippen LogP contribution in [0.5, 0.6) is 0 Å². The molecule has 1 amide bonds.